The summed E-state index contributed by atoms with van der Waals surface area (Å²) in [6.07, 6.45) is 5.79. The van der Waals surface area contributed by atoms with Crippen LogP contribution < -0.4 is 10.6 Å². The lowest BCUT2D eigenvalue weighted by atomic mass is 9.85. The van der Waals surface area contributed by atoms with Crippen molar-refractivity contribution in [1.29, 1.82) is 0 Å². The highest BCUT2D eigenvalue weighted by molar-refractivity contribution is 5.80. The van der Waals surface area contributed by atoms with E-state index in [-0.39, 0.29) is 31.0 Å². The fourth-order valence-electron chi connectivity index (χ4n) is 3.80. The number of nitrogens with zero attached hydrogens (tertiary/aromatic N) is 4. The van der Waals surface area contributed by atoms with Crippen LogP contribution in [0.4, 0.5) is 5.95 Å². The van der Waals surface area contributed by atoms with E-state index < -0.39 is 6.10 Å². The van der Waals surface area contributed by atoms with Gasteiger partial charge in [-0.2, -0.15) is 10.1 Å². The molecule has 1 aliphatic rings. The van der Waals surface area contributed by atoms with Gasteiger partial charge in [-0.3, -0.25) is 4.79 Å². The quantitative estimate of drug-likeness (QED) is 0.462. The Hall–Kier alpha value is -3.04. The first-order valence-corrected chi connectivity index (χ1v) is 10.2. The summed E-state index contributed by atoms with van der Waals surface area (Å²) in [6.45, 7) is -0.277. The molecule has 1 aliphatic carbocycles. The van der Waals surface area contributed by atoms with Crippen LogP contribution in [0.25, 0.3) is 16.7 Å². The van der Waals surface area contributed by atoms with E-state index in [4.69, 9.17) is 5.11 Å². The minimum Gasteiger partial charge on any atom is -0.394 e. The van der Waals surface area contributed by atoms with Gasteiger partial charge >= 0.3 is 0 Å². The Labute approximate surface area is 174 Å². The monoisotopic (exact) mass is 410 g/mol. The Balaban J connectivity index is 1.35. The Morgan fingerprint density at radius 1 is 1.20 bits per heavy atom. The molecule has 9 nitrogen and oxygen atoms in total. The first kappa shape index (κ1) is 20.2. The van der Waals surface area contributed by atoms with Crippen LogP contribution in [0.15, 0.2) is 42.7 Å². The van der Waals surface area contributed by atoms with E-state index >= 15 is 0 Å². The SMILES string of the molecule is O=C(NCC(O)CO)[C@H]1CC[C@H](Nc2nccc(-n3ncc4ccccc43)n2)CC1. The second-order valence-electron chi connectivity index (χ2n) is 7.63. The van der Waals surface area contributed by atoms with Crippen LogP contribution in [0.3, 0.4) is 0 Å². The van der Waals surface area contributed by atoms with Gasteiger partial charge in [0.05, 0.1) is 24.4 Å². The van der Waals surface area contributed by atoms with Gasteiger partial charge in [-0.05, 0) is 31.7 Å². The van der Waals surface area contributed by atoms with E-state index in [9.17, 15) is 9.90 Å². The molecule has 0 aliphatic heterocycles. The molecule has 0 bridgehead atoms. The van der Waals surface area contributed by atoms with Gasteiger partial charge in [-0.1, -0.05) is 18.2 Å². The standard InChI is InChI=1S/C21H26N6O3/c28-13-17(29)12-23-20(30)14-5-7-16(8-6-14)25-21-22-10-9-19(26-21)27-18-4-2-1-3-15(18)11-24-27/h1-4,9-11,14,16-17,28-29H,5-8,12-13H2,(H,23,30)(H,22,25,26)/t14-,16-,17?. The summed E-state index contributed by atoms with van der Waals surface area (Å²) < 4.78 is 1.80. The van der Waals surface area contributed by atoms with Crippen molar-refractivity contribution >= 4 is 22.8 Å². The lowest BCUT2D eigenvalue weighted by Gasteiger charge is -2.28. The van der Waals surface area contributed by atoms with Crippen molar-refractivity contribution in [2.45, 2.75) is 37.8 Å². The Morgan fingerprint density at radius 3 is 2.80 bits per heavy atom. The fourth-order valence-corrected chi connectivity index (χ4v) is 3.80. The summed E-state index contributed by atoms with van der Waals surface area (Å²) in [5, 5.41) is 29.8. The molecule has 1 unspecified atom stereocenters. The average Bonchev–Trinajstić information content (AvgIpc) is 3.22. The van der Waals surface area contributed by atoms with Gasteiger partial charge in [0.25, 0.3) is 0 Å². The molecule has 1 amide bonds. The molecule has 4 N–H and O–H groups in total. The van der Waals surface area contributed by atoms with Gasteiger partial charge in [-0.15, -0.1) is 0 Å². The number of fused-ring (bicyclic) bond motifs is 1. The molecule has 0 saturated heterocycles. The highest BCUT2D eigenvalue weighted by atomic mass is 16.3. The average molecular weight is 410 g/mol. The number of carbonyl (C=O) groups excluding carboxylic acids is 1. The van der Waals surface area contributed by atoms with Gasteiger partial charge in [0, 0.05) is 36.2 Å². The number of carbonyl (C=O) groups is 1. The van der Waals surface area contributed by atoms with Gasteiger partial charge in [0.1, 0.15) is 0 Å². The van der Waals surface area contributed by atoms with Crippen LogP contribution in [0.1, 0.15) is 25.7 Å². The lowest BCUT2D eigenvalue weighted by Crippen LogP contribution is -2.40. The van der Waals surface area contributed by atoms with E-state index in [1.54, 1.807) is 10.9 Å². The summed E-state index contributed by atoms with van der Waals surface area (Å²) in [4.78, 5) is 21.2. The predicted octanol–water partition coefficient (Wildman–Crippen LogP) is 1.26. The largest absolute Gasteiger partial charge is 0.394 e. The molecule has 158 valence electrons. The van der Waals surface area contributed by atoms with Crippen molar-refractivity contribution in [2.75, 3.05) is 18.5 Å². The second-order valence-corrected chi connectivity index (χ2v) is 7.63. The molecule has 0 radical (unpaired) electrons. The van der Waals surface area contributed by atoms with E-state index in [1.165, 1.54) is 0 Å². The van der Waals surface area contributed by atoms with Crippen LogP contribution in [-0.4, -0.2) is 61.2 Å². The number of benzene rings is 1. The number of anilines is 1. The Kier molecular flexibility index (Phi) is 6.20. The molecule has 30 heavy (non-hydrogen) atoms. The summed E-state index contributed by atoms with van der Waals surface area (Å²) in [5.41, 5.74) is 0.986. The predicted molar refractivity (Wildman–Crippen MR) is 112 cm³/mol. The summed E-state index contributed by atoms with van der Waals surface area (Å²) >= 11 is 0. The number of aliphatic hydroxyl groups is 2. The number of amides is 1. The normalized spacial score (nSPS) is 20.1. The summed E-state index contributed by atoms with van der Waals surface area (Å²) in [5.74, 6) is 1.11. The topological polar surface area (TPSA) is 125 Å². The maximum Gasteiger partial charge on any atom is 0.224 e. The smallest absolute Gasteiger partial charge is 0.224 e. The molecule has 2 heterocycles. The molecule has 9 heteroatoms. The van der Waals surface area contributed by atoms with Gasteiger partial charge in [0.2, 0.25) is 11.9 Å². The van der Waals surface area contributed by atoms with Crippen molar-refractivity contribution in [3.05, 3.63) is 42.7 Å². The second kappa shape index (κ2) is 9.19. The molecule has 1 atom stereocenters. The van der Waals surface area contributed by atoms with E-state index in [1.807, 2.05) is 36.5 Å². The van der Waals surface area contributed by atoms with Crippen molar-refractivity contribution < 1.29 is 15.0 Å². The first-order chi connectivity index (χ1) is 14.6. The molecule has 1 aromatic carbocycles. The molecule has 0 spiro atoms. The minimum atomic E-state index is -0.914. The Morgan fingerprint density at radius 2 is 2.00 bits per heavy atom. The lowest BCUT2D eigenvalue weighted by molar-refractivity contribution is -0.126. The van der Waals surface area contributed by atoms with Gasteiger partial charge in [-0.25, -0.2) is 9.67 Å². The van der Waals surface area contributed by atoms with Crippen molar-refractivity contribution in [1.82, 2.24) is 25.1 Å². The maximum absolute atomic E-state index is 12.2. The van der Waals surface area contributed by atoms with Gasteiger partial charge in [0.15, 0.2) is 5.82 Å². The number of hydrogen-bond donors (Lipinski definition) is 4. The van der Waals surface area contributed by atoms with Gasteiger partial charge < -0.3 is 20.8 Å². The fraction of sp³-hybridized carbons (Fsp3) is 0.429. The number of nitrogens with one attached hydrogen (secondary N) is 2. The first-order valence-electron chi connectivity index (χ1n) is 10.2. The van der Waals surface area contributed by atoms with Crippen LogP contribution in [0, 0.1) is 5.92 Å². The van der Waals surface area contributed by atoms with Crippen LogP contribution >= 0.6 is 0 Å². The summed E-state index contributed by atoms with van der Waals surface area (Å²) in [6, 6.07) is 9.99. The number of aromatic nitrogens is 4. The van der Waals surface area contributed by atoms with Crippen molar-refractivity contribution in [2.24, 2.45) is 5.92 Å². The number of hydrogen-bond acceptors (Lipinski definition) is 7. The van der Waals surface area contributed by atoms with Crippen LogP contribution in [0.5, 0.6) is 0 Å². The zero-order chi connectivity index (χ0) is 20.9. The molecule has 3 aromatic rings. The van der Waals surface area contributed by atoms with E-state index in [0.29, 0.717) is 11.8 Å². The summed E-state index contributed by atoms with van der Waals surface area (Å²) in [7, 11) is 0. The van der Waals surface area contributed by atoms with Crippen LogP contribution in [0.2, 0.25) is 0 Å². The van der Waals surface area contributed by atoms with Crippen molar-refractivity contribution in [3.63, 3.8) is 0 Å². The number of rotatable bonds is 7. The number of para-hydroxylation sites is 1. The highest BCUT2D eigenvalue weighted by Crippen LogP contribution is 2.26. The van der Waals surface area contributed by atoms with Crippen molar-refractivity contribution in [3.8, 4) is 5.82 Å². The number of aliphatic hydroxyl groups excluding tert-OH is 2. The molecular weight excluding hydrogens is 384 g/mol. The molecule has 1 saturated carbocycles. The third-order valence-corrected chi connectivity index (χ3v) is 5.49. The Bertz CT molecular complexity index is 999. The molecule has 1 fully saturated rings. The third kappa shape index (κ3) is 4.58. The van der Waals surface area contributed by atoms with E-state index in [0.717, 1.165) is 36.6 Å². The zero-order valence-corrected chi connectivity index (χ0v) is 16.6. The molecule has 2 aromatic heterocycles. The zero-order valence-electron chi connectivity index (χ0n) is 16.6. The molecular formula is C21H26N6O3. The maximum atomic E-state index is 12.2. The third-order valence-electron chi connectivity index (χ3n) is 5.49. The highest BCUT2D eigenvalue weighted by Gasteiger charge is 2.26. The van der Waals surface area contributed by atoms with E-state index in [2.05, 4.69) is 25.7 Å². The van der Waals surface area contributed by atoms with Crippen LogP contribution in [-0.2, 0) is 4.79 Å². The minimum absolute atomic E-state index is 0.0650. The molecule has 4 rings (SSSR count).